The first-order valence-corrected chi connectivity index (χ1v) is 24.2. The molecular formula is C51H90O6. The number of esters is 3. The van der Waals surface area contributed by atoms with Gasteiger partial charge in [-0.25, -0.2) is 0 Å². The Morgan fingerprint density at radius 1 is 0.386 bits per heavy atom. The van der Waals surface area contributed by atoms with Gasteiger partial charge < -0.3 is 14.2 Å². The largest absolute Gasteiger partial charge is 0.462 e. The van der Waals surface area contributed by atoms with E-state index in [1.807, 2.05) is 0 Å². The number of hydrogen-bond acceptors (Lipinski definition) is 6. The maximum absolute atomic E-state index is 12.7. The van der Waals surface area contributed by atoms with Gasteiger partial charge in [-0.15, -0.1) is 0 Å². The van der Waals surface area contributed by atoms with E-state index in [2.05, 4.69) is 69.4 Å². The highest BCUT2D eigenvalue weighted by Gasteiger charge is 2.19. The lowest BCUT2D eigenvalue weighted by atomic mass is 10.0. The summed E-state index contributed by atoms with van der Waals surface area (Å²) in [7, 11) is 0. The summed E-state index contributed by atoms with van der Waals surface area (Å²) in [4.78, 5) is 37.8. The van der Waals surface area contributed by atoms with Crippen molar-refractivity contribution in [3.8, 4) is 0 Å². The molecule has 330 valence electrons. The molecule has 0 fully saturated rings. The quantitative estimate of drug-likeness (QED) is 0.0201. The smallest absolute Gasteiger partial charge is 0.306 e. The Hall–Kier alpha value is -2.63. The first-order valence-electron chi connectivity index (χ1n) is 24.2. The minimum atomic E-state index is -0.786. The Balaban J connectivity index is 4.36. The van der Waals surface area contributed by atoms with E-state index in [1.165, 1.54) is 122 Å². The molecule has 0 aromatic heterocycles. The van der Waals surface area contributed by atoms with Crippen LogP contribution in [0.25, 0.3) is 0 Å². The molecule has 0 heterocycles. The number of allylic oxidation sites excluding steroid dienone is 8. The zero-order valence-corrected chi connectivity index (χ0v) is 37.6. The van der Waals surface area contributed by atoms with Crippen LogP contribution in [0.5, 0.6) is 0 Å². The van der Waals surface area contributed by atoms with Gasteiger partial charge in [0.2, 0.25) is 0 Å². The normalized spacial score (nSPS) is 12.4. The van der Waals surface area contributed by atoms with Crippen molar-refractivity contribution >= 4 is 17.9 Å². The Labute approximate surface area is 352 Å². The van der Waals surface area contributed by atoms with Crippen LogP contribution in [-0.2, 0) is 28.6 Å². The van der Waals surface area contributed by atoms with Gasteiger partial charge in [-0.3, -0.25) is 14.4 Å². The summed E-state index contributed by atoms with van der Waals surface area (Å²) >= 11 is 0. The summed E-state index contributed by atoms with van der Waals surface area (Å²) in [5.41, 5.74) is 0. The van der Waals surface area contributed by atoms with Crippen molar-refractivity contribution in [2.75, 3.05) is 13.2 Å². The fourth-order valence-electron chi connectivity index (χ4n) is 6.71. The number of unbranched alkanes of at least 4 members (excludes halogenated alkanes) is 25. The molecule has 0 aromatic rings. The topological polar surface area (TPSA) is 78.9 Å². The Kier molecular flexibility index (Phi) is 43.9. The first kappa shape index (κ1) is 54.4. The third-order valence-corrected chi connectivity index (χ3v) is 10.3. The van der Waals surface area contributed by atoms with E-state index in [0.717, 1.165) is 77.0 Å². The minimum absolute atomic E-state index is 0.0879. The Morgan fingerprint density at radius 2 is 0.737 bits per heavy atom. The van der Waals surface area contributed by atoms with E-state index in [9.17, 15) is 14.4 Å². The first-order chi connectivity index (χ1) is 28.0. The lowest BCUT2D eigenvalue weighted by Crippen LogP contribution is -2.30. The zero-order chi connectivity index (χ0) is 41.5. The van der Waals surface area contributed by atoms with Crippen molar-refractivity contribution in [1.29, 1.82) is 0 Å². The van der Waals surface area contributed by atoms with E-state index in [0.29, 0.717) is 19.3 Å². The van der Waals surface area contributed by atoms with E-state index in [4.69, 9.17) is 14.2 Å². The van der Waals surface area contributed by atoms with Crippen molar-refractivity contribution in [1.82, 2.24) is 0 Å². The van der Waals surface area contributed by atoms with Crippen molar-refractivity contribution in [2.24, 2.45) is 0 Å². The number of carbonyl (C=O) groups excluding carboxylic acids is 3. The number of hydrogen-bond donors (Lipinski definition) is 0. The minimum Gasteiger partial charge on any atom is -0.462 e. The van der Waals surface area contributed by atoms with Gasteiger partial charge in [0, 0.05) is 19.3 Å². The summed E-state index contributed by atoms with van der Waals surface area (Å²) < 4.78 is 16.7. The molecule has 0 rings (SSSR count). The highest BCUT2D eigenvalue weighted by atomic mass is 16.6. The highest BCUT2D eigenvalue weighted by molar-refractivity contribution is 5.71. The van der Waals surface area contributed by atoms with Crippen LogP contribution in [0.15, 0.2) is 48.6 Å². The predicted molar refractivity (Wildman–Crippen MR) is 242 cm³/mol. The summed E-state index contributed by atoms with van der Waals surface area (Å²) in [6.45, 7) is 6.45. The molecule has 0 N–H and O–H groups in total. The van der Waals surface area contributed by atoms with Crippen molar-refractivity contribution in [2.45, 2.75) is 245 Å². The molecule has 0 aliphatic heterocycles. The maximum Gasteiger partial charge on any atom is 0.306 e. The lowest BCUT2D eigenvalue weighted by Gasteiger charge is -2.18. The molecule has 0 radical (unpaired) electrons. The van der Waals surface area contributed by atoms with Gasteiger partial charge in [0.1, 0.15) is 13.2 Å². The number of ether oxygens (including phenoxy) is 3. The molecule has 0 saturated heterocycles. The molecule has 0 spiro atoms. The molecule has 57 heavy (non-hydrogen) atoms. The van der Waals surface area contributed by atoms with E-state index in [-0.39, 0.29) is 31.1 Å². The zero-order valence-electron chi connectivity index (χ0n) is 37.6. The van der Waals surface area contributed by atoms with Gasteiger partial charge in [-0.2, -0.15) is 0 Å². The fourth-order valence-corrected chi connectivity index (χ4v) is 6.71. The van der Waals surface area contributed by atoms with E-state index < -0.39 is 6.10 Å². The molecule has 1 unspecified atom stereocenters. The van der Waals surface area contributed by atoms with Gasteiger partial charge in [-0.05, 0) is 70.6 Å². The summed E-state index contributed by atoms with van der Waals surface area (Å²) in [6, 6.07) is 0. The van der Waals surface area contributed by atoms with Gasteiger partial charge in [0.25, 0.3) is 0 Å². The molecule has 0 aliphatic carbocycles. The highest BCUT2D eigenvalue weighted by Crippen LogP contribution is 2.15. The second-order valence-corrected chi connectivity index (χ2v) is 16.0. The third-order valence-electron chi connectivity index (χ3n) is 10.3. The molecule has 6 nitrogen and oxygen atoms in total. The van der Waals surface area contributed by atoms with Gasteiger partial charge in [0.15, 0.2) is 6.10 Å². The van der Waals surface area contributed by atoms with Gasteiger partial charge in [-0.1, -0.05) is 198 Å². The van der Waals surface area contributed by atoms with Crippen LogP contribution in [0.2, 0.25) is 0 Å². The van der Waals surface area contributed by atoms with Crippen molar-refractivity contribution in [3.05, 3.63) is 48.6 Å². The van der Waals surface area contributed by atoms with Crippen LogP contribution in [0.4, 0.5) is 0 Å². The monoisotopic (exact) mass is 799 g/mol. The van der Waals surface area contributed by atoms with Crippen LogP contribution < -0.4 is 0 Å². The summed E-state index contributed by atoms with van der Waals surface area (Å²) in [6.07, 6.45) is 53.9. The van der Waals surface area contributed by atoms with E-state index >= 15 is 0 Å². The SMILES string of the molecule is CC/C=C\C/C=C\CCCCC(=O)OCC(COC(=O)CCCCCCCC/C=C\C=C/CCCCC)OC(=O)CCCCCCCCCCCCCCCCC. The Morgan fingerprint density at radius 3 is 1.23 bits per heavy atom. The molecular weight excluding hydrogens is 709 g/mol. The molecule has 0 amide bonds. The van der Waals surface area contributed by atoms with Crippen LogP contribution in [0, 0.1) is 0 Å². The summed E-state index contributed by atoms with van der Waals surface area (Å²) in [5, 5.41) is 0. The second kappa shape index (κ2) is 46.1. The van der Waals surface area contributed by atoms with E-state index in [1.54, 1.807) is 0 Å². The van der Waals surface area contributed by atoms with Crippen molar-refractivity contribution in [3.63, 3.8) is 0 Å². The molecule has 0 bridgehead atoms. The molecule has 6 heteroatoms. The van der Waals surface area contributed by atoms with Crippen LogP contribution in [-0.4, -0.2) is 37.2 Å². The lowest BCUT2D eigenvalue weighted by molar-refractivity contribution is -0.167. The average molecular weight is 799 g/mol. The fraction of sp³-hybridized carbons (Fsp3) is 0.784. The number of carbonyl (C=O) groups is 3. The van der Waals surface area contributed by atoms with Gasteiger partial charge >= 0.3 is 17.9 Å². The maximum atomic E-state index is 12.7. The number of rotatable bonds is 43. The molecule has 0 aromatic carbocycles. The van der Waals surface area contributed by atoms with Crippen LogP contribution in [0.1, 0.15) is 239 Å². The Bertz CT molecular complexity index is 1010. The van der Waals surface area contributed by atoms with Crippen LogP contribution >= 0.6 is 0 Å². The predicted octanol–water partition coefficient (Wildman–Crippen LogP) is 15.5. The molecule has 1 atom stereocenters. The van der Waals surface area contributed by atoms with Crippen LogP contribution in [0.3, 0.4) is 0 Å². The third kappa shape index (κ3) is 44.3. The van der Waals surface area contributed by atoms with Crippen molar-refractivity contribution < 1.29 is 28.6 Å². The second-order valence-electron chi connectivity index (χ2n) is 16.0. The summed E-state index contributed by atoms with van der Waals surface area (Å²) in [5.74, 6) is -0.932. The standard InChI is InChI=1S/C51H90O6/c1-4-7-10-13-16-19-21-23-25-27-29-32-35-38-41-44-50(53)56-47-48(46-55-49(52)43-40-37-34-31-18-15-12-9-6-3)57-51(54)45-42-39-36-33-30-28-26-24-22-20-17-14-11-8-5-2/h9,12,16,18-19,21,23,31,48H,4-8,10-11,13-15,17,20,22,24-30,32-47H2,1-3H3/b12-9-,19-16-,23-21-,31-18-. The van der Waals surface area contributed by atoms with Gasteiger partial charge in [0.05, 0.1) is 0 Å². The average Bonchev–Trinajstić information content (AvgIpc) is 3.21. The molecule has 0 aliphatic rings. The molecule has 0 saturated carbocycles.